The van der Waals surface area contributed by atoms with Crippen LogP contribution in [0, 0.1) is 0 Å². The summed E-state index contributed by atoms with van der Waals surface area (Å²) in [5.41, 5.74) is 5.39. The molecule has 27 heavy (non-hydrogen) atoms. The van der Waals surface area contributed by atoms with Gasteiger partial charge in [-0.1, -0.05) is 0 Å². The summed E-state index contributed by atoms with van der Waals surface area (Å²) in [6, 6.07) is 11.4. The fourth-order valence-corrected chi connectivity index (χ4v) is 3.33. The summed E-state index contributed by atoms with van der Waals surface area (Å²) in [6.45, 7) is 4.90. The second kappa shape index (κ2) is 8.68. The number of phenols is 2. The number of aromatic hydroxyl groups is 2. The Labute approximate surface area is 159 Å². The average Bonchev–Trinajstić information content (AvgIpc) is 2.69. The Morgan fingerprint density at radius 2 is 1.70 bits per heavy atom. The summed E-state index contributed by atoms with van der Waals surface area (Å²) in [5, 5.41) is 23.7. The zero-order valence-corrected chi connectivity index (χ0v) is 15.5. The molecule has 2 aromatic rings. The quantitative estimate of drug-likeness (QED) is 0.480. The van der Waals surface area contributed by atoms with Crippen molar-refractivity contribution in [1.29, 1.82) is 0 Å². The maximum absolute atomic E-state index is 12.1. The van der Waals surface area contributed by atoms with E-state index >= 15 is 0 Å². The summed E-state index contributed by atoms with van der Waals surface area (Å²) in [4.78, 5) is 13.6. The van der Waals surface area contributed by atoms with Crippen LogP contribution in [0.2, 0.25) is 0 Å². The van der Waals surface area contributed by atoms with Crippen molar-refractivity contribution in [1.82, 2.24) is 5.43 Å². The molecule has 3 rings (SSSR count). The number of carbonyl (C=O) groups is 1. The first-order valence-electron chi connectivity index (χ1n) is 9.32. The van der Waals surface area contributed by atoms with Gasteiger partial charge < -0.3 is 15.1 Å². The number of nitrogens with zero attached hydrogens (tertiary/aromatic N) is 1. The molecule has 1 fully saturated rings. The lowest BCUT2D eigenvalue weighted by Gasteiger charge is -2.24. The minimum Gasteiger partial charge on any atom is -0.508 e. The number of phenolic OH excluding ortho intramolecular Hbond substituents is 2. The van der Waals surface area contributed by atoms with E-state index in [4.69, 9.17) is 0 Å². The van der Waals surface area contributed by atoms with Crippen molar-refractivity contribution in [3.8, 4) is 11.5 Å². The zero-order chi connectivity index (χ0) is 19.2. The van der Waals surface area contributed by atoms with Crippen LogP contribution < -0.4 is 10.3 Å². The van der Waals surface area contributed by atoms with Crippen LogP contribution in [-0.4, -0.2) is 34.9 Å². The highest BCUT2D eigenvalue weighted by Crippen LogP contribution is 2.18. The number of quaternary nitrogens is 1. The smallest absolute Gasteiger partial charge is 0.271 e. The highest BCUT2D eigenvalue weighted by Gasteiger charge is 2.16. The van der Waals surface area contributed by atoms with Crippen LogP contribution >= 0.6 is 0 Å². The Balaban J connectivity index is 1.68. The van der Waals surface area contributed by atoms with E-state index in [-0.39, 0.29) is 11.7 Å². The van der Waals surface area contributed by atoms with Crippen LogP contribution in [0.3, 0.4) is 0 Å². The lowest BCUT2D eigenvalue weighted by Crippen LogP contribution is -3.11. The third-order valence-electron chi connectivity index (χ3n) is 4.95. The molecule has 1 aliphatic rings. The molecule has 1 amide bonds. The number of likely N-dealkylation sites (tertiary alicyclic amines) is 1. The third-order valence-corrected chi connectivity index (χ3v) is 4.95. The van der Waals surface area contributed by atoms with E-state index in [9.17, 15) is 15.0 Å². The van der Waals surface area contributed by atoms with Crippen molar-refractivity contribution < 1.29 is 19.9 Å². The van der Waals surface area contributed by atoms with E-state index in [2.05, 4.69) is 10.5 Å². The minimum atomic E-state index is -0.342. The van der Waals surface area contributed by atoms with Gasteiger partial charge in [0, 0.05) is 11.1 Å². The molecule has 0 aliphatic carbocycles. The number of carbonyl (C=O) groups excluding carboxylic acids is 1. The van der Waals surface area contributed by atoms with Gasteiger partial charge in [-0.05, 0) is 74.2 Å². The largest absolute Gasteiger partial charge is 0.508 e. The van der Waals surface area contributed by atoms with Gasteiger partial charge in [-0.2, -0.15) is 5.10 Å². The summed E-state index contributed by atoms with van der Waals surface area (Å²) < 4.78 is 0. The SMILES string of the molecule is C/C(=N\NC(=O)c1ccc(O)cc1)c1ccc(O)c(C[NH+]2CCCCC2)c1. The second-order valence-corrected chi connectivity index (χ2v) is 7.02. The van der Waals surface area contributed by atoms with E-state index in [1.165, 1.54) is 48.4 Å². The monoisotopic (exact) mass is 368 g/mol. The first kappa shape index (κ1) is 18.9. The molecule has 4 N–H and O–H groups in total. The Kier molecular flexibility index (Phi) is 6.08. The van der Waals surface area contributed by atoms with Crippen molar-refractivity contribution in [2.24, 2.45) is 5.10 Å². The van der Waals surface area contributed by atoms with Crippen LogP contribution in [-0.2, 0) is 6.54 Å². The molecule has 2 aromatic carbocycles. The van der Waals surface area contributed by atoms with Gasteiger partial charge in [-0.15, -0.1) is 0 Å². The Morgan fingerprint density at radius 3 is 2.41 bits per heavy atom. The Bertz CT molecular complexity index is 825. The van der Waals surface area contributed by atoms with Crippen LogP contribution in [0.4, 0.5) is 0 Å². The van der Waals surface area contributed by atoms with Crippen molar-refractivity contribution in [3.63, 3.8) is 0 Å². The van der Waals surface area contributed by atoms with E-state index < -0.39 is 0 Å². The van der Waals surface area contributed by atoms with Crippen LogP contribution in [0.25, 0.3) is 0 Å². The van der Waals surface area contributed by atoms with Crippen molar-refractivity contribution in [2.75, 3.05) is 13.1 Å². The summed E-state index contributed by atoms with van der Waals surface area (Å²) in [6.07, 6.45) is 3.77. The van der Waals surface area contributed by atoms with Gasteiger partial charge in [0.05, 0.1) is 18.8 Å². The highest BCUT2D eigenvalue weighted by atomic mass is 16.3. The maximum atomic E-state index is 12.1. The first-order valence-corrected chi connectivity index (χ1v) is 9.32. The zero-order valence-electron chi connectivity index (χ0n) is 15.5. The molecule has 6 heteroatoms. The van der Waals surface area contributed by atoms with Gasteiger partial charge in [0.1, 0.15) is 18.0 Å². The molecular formula is C21H26N3O3+. The van der Waals surface area contributed by atoms with Crippen LogP contribution in [0.15, 0.2) is 47.6 Å². The van der Waals surface area contributed by atoms with E-state index in [0.717, 1.165) is 30.8 Å². The fraction of sp³-hybridized carbons (Fsp3) is 0.333. The number of nitrogens with one attached hydrogen (secondary N) is 2. The number of hydrogen-bond donors (Lipinski definition) is 4. The summed E-state index contributed by atoms with van der Waals surface area (Å²) in [5.74, 6) is 0.0718. The van der Waals surface area contributed by atoms with E-state index in [1.54, 1.807) is 12.1 Å². The van der Waals surface area contributed by atoms with Crippen LogP contribution in [0.1, 0.15) is 47.7 Å². The Morgan fingerprint density at radius 1 is 1.04 bits per heavy atom. The Hall–Kier alpha value is -2.86. The summed E-state index contributed by atoms with van der Waals surface area (Å²) in [7, 11) is 0. The molecule has 142 valence electrons. The molecule has 0 spiro atoms. The average molecular weight is 368 g/mol. The van der Waals surface area contributed by atoms with Gasteiger partial charge in [0.2, 0.25) is 0 Å². The van der Waals surface area contributed by atoms with E-state index in [0.29, 0.717) is 17.0 Å². The number of hydrogen-bond acceptors (Lipinski definition) is 4. The maximum Gasteiger partial charge on any atom is 0.271 e. The number of benzene rings is 2. The predicted molar refractivity (Wildman–Crippen MR) is 104 cm³/mol. The van der Waals surface area contributed by atoms with Crippen molar-refractivity contribution in [2.45, 2.75) is 32.7 Å². The third kappa shape index (κ3) is 5.08. The minimum absolute atomic E-state index is 0.110. The molecule has 1 aliphatic heterocycles. The molecule has 0 bridgehead atoms. The molecule has 0 radical (unpaired) electrons. The van der Waals surface area contributed by atoms with Crippen LogP contribution in [0.5, 0.6) is 11.5 Å². The normalized spacial score (nSPS) is 15.5. The molecule has 6 nitrogen and oxygen atoms in total. The molecule has 0 atom stereocenters. The number of hydrazone groups is 1. The molecule has 0 unspecified atom stereocenters. The number of rotatable bonds is 5. The highest BCUT2D eigenvalue weighted by molar-refractivity contribution is 6.01. The van der Waals surface area contributed by atoms with Gasteiger partial charge in [-0.3, -0.25) is 4.79 Å². The molecule has 1 saturated heterocycles. The molecule has 0 saturated carbocycles. The van der Waals surface area contributed by atoms with Gasteiger partial charge in [0.25, 0.3) is 5.91 Å². The number of piperidine rings is 1. The lowest BCUT2D eigenvalue weighted by molar-refractivity contribution is -0.918. The predicted octanol–water partition coefficient (Wildman–Crippen LogP) is 1.82. The standard InChI is InChI=1S/C21H25N3O3/c1-15(22-23-21(27)16-5-8-19(25)9-6-16)17-7-10-20(26)18(13-17)14-24-11-3-2-4-12-24/h5-10,13,25-26H,2-4,11-12,14H2,1H3,(H,23,27)/p+1/b22-15+. The van der Waals surface area contributed by atoms with E-state index in [1.807, 2.05) is 13.0 Å². The molecular weight excluding hydrogens is 342 g/mol. The van der Waals surface area contributed by atoms with Crippen molar-refractivity contribution >= 4 is 11.6 Å². The topological polar surface area (TPSA) is 86.4 Å². The summed E-state index contributed by atoms with van der Waals surface area (Å²) >= 11 is 0. The second-order valence-electron chi connectivity index (χ2n) is 7.02. The van der Waals surface area contributed by atoms with Gasteiger partial charge in [0.15, 0.2) is 0 Å². The molecule has 0 aromatic heterocycles. The van der Waals surface area contributed by atoms with Gasteiger partial charge in [-0.25, -0.2) is 5.43 Å². The van der Waals surface area contributed by atoms with Gasteiger partial charge >= 0.3 is 0 Å². The molecule has 1 heterocycles. The lowest BCUT2D eigenvalue weighted by atomic mass is 10.0. The fourth-order valence-electron chi connectivity index (χ4n) is 3.33. The van der Waals surface area contributed by atoms with Crippen molar-refractivity contribution in [3.05, 3.63) is 59.2 Å². The first-order chi connectivity index (χ1) is 13.0. The number of amides is 1.